The standard InChI is InChI=1S/C33H66O2/c1-4-6-8-10-12-13-14-15-16-17-18-19-20-21-22-23-25-27-29-31-33(34)35-32(3)30-28-26-24-11-9-7-5-2/h32H,4-31H2,1-3H3. The number of carbonyl (C=O) groups is 1. The Bertz CT molecular complexity index is 406. The molecule has 0 aromatic heterocycles. The highest BCUT2D eigenvalue weighted by Crippen LogP contribution is 2.16. The van der Waals surface area contributed by atoms with Crippen molar-refractivity contribution in [3.05, 3.63) is 0 Å². The quantitative estimate of drug-likeness (QED) is 0.0763. The Morgan fingerprint density at radius 3 is 1.09 bits per heavy atom. The van der Waals surface area contributed by atoms with Crippen LogP contribution in [0.5, 0.6) is 0 Å². The fraction of sp³-hybridized carbons (Fsp3) is 0.970. The summed E-state index contributed by atoms with van der Waals surface area (Å²) in [5, 5.41) is 0. The van der Waals surface area contributed by atoms with Crippen LogP contribution in [-0.4, -0.2) is 12.1 Å². The molecule has 2 nitrogen and oxygen atoms in total. The van der Waals surface area contributed by atoms with Crippen LogP contribution in [0, 0.1) is 0 Å². The summed E-state index contributed by atoms with van der Waals surface area (Å²) in [6, 6.07) is 0. The van der Waals surface area contributed by atoms with Gasteiger partial charge in [-0.2, -0.15) is 0 Å². The summed E-state index contributed by atoms with van der Waals surface area (Å²) in [4.78, 5) is 12.0. The van der Waals surface area contributed by atoms with Gasteiger partial charge in [0.05, 0.1) is 6.10 Å². The first-order valence-corrected chi connectivity index (χ1v) is 16.4. The van der Waals surface area contributed by atoms with Gasteiger partial charge in [0.1, 0.15) is 0 Å². The molecular formula is C33H66O2. The molecule has 2 heteroatoms. The van der Waals surface area contributed by atoms with Crippen molar-refractivity contribution in [2.45, 2.75) is 207 Å². The molecule has 210 valence electrons. The second-order valence-corrected chi connectivity index (χ2v) is 11.3. The number of unbranched alkanes of at least 4 members (excludes halogenated alkanes) is 24. The summed E-state index contributed by atoms with van der Waals surface area (Å²) < 4.78 is 5.59. The average molecular weight is 495 g/mol. The molecule has 0 radical (unpaired) electrons. The van der Waals surface area contributed by atoms with Gasteiger partial charge >= 0.3 is 5.97 Å². The van der Waals surface area contributed by atoms with E-state index in [0.717, 1.165) is 12.8 Å². The number of hydrogen-bond donors (Lipinski definition) is 0. The molecule has 0 bridgehead atoms. The minimum absolute atomic E-state index is 0.0208. The van der Waals surface area contributed by atoms with E-state index in [1.807, 2.05) is 0 Å². The second-order valence-electron chi connectivity index (χ2n) is 11.3. The van der Waals surface area contributed by atoms with Crippen molar-refractivity contribution in [2.24, 2.45) is 0 Å². The first kappa shape index (κ1) is 34.5. The zero-order valence-electron chi connectivity index (χ0n) is 24.7. The fourth-order valence-corrected chi connectivity index (χ4v) is 5.08. The summed E-state index contributed by atoms with van der Waals surface area (Å²) in [6.07, 6.45) is 37.2. The van der Waals surface area contributed by atoms with Gasteiger partial charge in [-0.25, -0.2) is 0 Å². The summed E-state index contributed by atoms with van der Waals surface area (Å²) >= 11 is 0. The summed E-state index contributed by atoms with van der Waals surface area (Å²) in [7, 11) is 0. The van der Waals surface area contributed by atoms with Crippen LogP contribution in [0.15, 0.2) is 0 Å². The molecule has 0 fully saturated rings. The lowest BCUT2D eigenvalue weighted by atomic mass is 10.0. The van der Waals surface area contributed by atoms with E-state index in [1.165, 1.54) is 161 Å². The maximum Gasteiger partial charge on any atom is 0.306 e. The van der Waals surface area contributed by atoms with Crippen LogP contribution in [0.25, 0.3) is 0 Å². The number of esters is 1. The summed E-state index contributed by atoms with van der Waals surface area (Å²) in [6.45, 7) is 6.62. The van der Waals surface area contributed by atoms with Crippen LogP contribution < -0.4 is 0 Å². The van der Waals surface area contributed by atoms with Gasteiger partial charge in [-0.1, -0.05) is 168 Å². The topological polar surface area (TPSA) is 26.3 Å². The van der Waals surface area contributed by atoms with Gasteiger partial charge in [-0.15, -0.1) is 0 Å². The van der Waals surface area contributed by atoms with E-state index in [4.69, 9.17) is 4.74 Å². The van der Waals surface area contributed by atoms with E-state index in [-0.39, 0.29) is 12.1 Å². The zero-order chi connectivity index (χ0) is 25.7. The molecular weight excluding hydrogens is 428 g/mol. The lowest BCUT2D eigenvalue weighted by Crippen LogP contribution is -2.14. The maximum absolute atomic E-state index is 12.0. The third kappa shape index (κ3) is 29.6. The molecule has 0 aliphatic heterocycles. The van der Waals surface area contributed by atoms with Crippen LogP contribution in [0.1, 0.15) is 201 Å². The maximum atomic E-state index is 12.0. The predicted molar refractivity (Wildman–Crippen MR) is 156 cm³/mol. The number of rotatable bonds is 29. The molecule has 0 heterocycles. The first-order valence-electron chi connectivity index (χ1n) is 16.4. The van der Waals surface area contributed by atoms with Gasteiger partial charge < -0.3 is 4.74 Å². The van der Waals surface area contributed by atoms with Crippen molar-refractivity contribution in [2.75, 3.05) is 0 Å². The monoisotopic (exact) mass is 495 g/mol. The molecule has 35 heavy (non-hydrogen) atoms. The van der Waals surface area contributed by atoms with Crippen molar-refractivity contribution in [1.29, 1.82) is 0 Å². The largest absolute Gasteiger partial charge is 0.463 e. The van der Waals surface area contributed by atoms with Crippen molar-refractivity contribution >= 4 is 5.97 Å². The minimum atomic E-state index is 0.0208. The number of hydrogen-bond acceptors (Lipinski definition) is 2. The first-order chi connectivity index (χ1) is 17.2. The lowest BCUT2D eigenvalue weighted by molar-refractivity contribution is -0.148. The molecule has 0 aromatic rings. The van der Waals surface area contributed by atoms with Crippen LogP contribution in [0.3, 0.4) is 0 Å². The van der Waals surface area contributed by atoms with Gasteiger partial charge in [0.25, 0.3) is 0 Å². The highest BCUT2D eigenvalue weighted by molar-refractivity contribution is 5.69. The summed E-state index contributed by atoms with van der Waals surface area (Å²) in [5.41, 5.74) is 0. The number of carbonyl (C=O) groups excluding carboxylic acids is 1. The Hall–Kier alpha value is -0.530. The Morgan fingerprint density at radius 1 is 0.457 bits per heavy atom. The Balaban J connectivity index is 3.23. The molecule has 0 rings (SSSR count). The summed E-state index contributed by atoms with van der Waals surface area (Å²) in [5.74, 6) is 0.0208. The Labute approximate surface area is 222 Å². The van der Waals surface area contributed by atoms with E-state index in [9.17, 15) is 4.79 Å². The normalized spacial score (nSPS) is 12.2. The minimum Gasteiger partial charge on any atom is -0.463 e. The molecule has 0 aliphatic carbocycles. The molecule has 0 spiro atoms. The predicted octanol–water partition coefficient (Wildman–Crippen LogP) is 11.9. The van der Waals surface area contributed by atoms with E-state index in [1.54, 1.807) is 0 Å². The van der Waals surface area contributed by atoms with Crippen LogP contribution in [0.2, 0.25) is 0 Å². The van der Waals surface area contributed by atoms with Gasteiger partial charge in [0.15, 0.2) is 0 Å². The Kier molecular flexibility index (Phi) is 29.2. The van der Waals surface area contributed by atoms with Gasteiger partial charge in [0, 0.05) is 6.42 Å². The van der Waals surface area contributed by atoms with Crippen LogP contribution >= 0.6 is 0 Å². The molecule has 0 saturated carbocycles. The highest BCUT2D eigenvalue weighted by atomic mass is 16.5. The van der Waals surface area contributed by atoms with E-state index >= 15 is 0 Å². The smallest absolute Gasteiger partial charge is 0.306 e. The van der Waals surface area contributed by atoms with E-state index < -0.39 is 0 Å². The average Bonchev–Trinajstić information content (AvgIpc) is 2.85. The van der Waals surface area contributed by atoms with Crippen molar-refractivity contribution in [3.63, 3.8) is 0 Å². The van der Waals surface area contributed by atoms with Gasteiger partial charge in [0.2, 0.25) is 0 Å². The highest BCUT2D eigenvalue weighted by Gasteiger charge is 2.09. The van der Waals surface area contributed by atoms with Crippen molar-refractivity contribution in [1.82, 2.24) is 0 Å². The lowest BCUT2D eigenvalue weighted by Gasteiger charge is -2.13. The fourth-order valence-electron chi connectivity index (χ4n) is 5.08. The van der Waals surface area contributed by atoms with E-state index in [2.05, 4.69) is 20.8 Å². The molecule has 0 aliphatic rings. The van der Waals surface area contributed by atoms with Crippen molar-refractivity contribution < 1.29 is 9.53 Å². The second kappa shape index (κ2) is 29.7. The molecule has 0 saturated heterocycles. The molecule has 0 aromatic carbocycles. The van der Waals surface area contributed by atoms with Crippen molar-refractivity contribution in [3.8, 4) is 0 Å². The third-order valence-corrected chi connectivity index (χ3v) is 7.53. The third-order valence-electron chi connectivity index (χ3n) is 7.53. The Morgan fingerprint density at radius 2 is 0.743 bits per heavy atom. The molecule has 0 amide bonds. The van der Waals surface area contributed by atoms with Crippen LogP contribution in [-0.2, 0) is 9.53 Å². The SMILES string of the molecule is CCCCCCCCCCCCCCCCCCCCCC(=O)OC(C)CCCCCCCCC. The van der Waals surface area contributed by atoms with E-state index in [0.29, 0.717) is 6.42 Å². The molecule has 1 unspecified atom stereocenters. The van der Waals surface area contributed by atoms with Crippen LogP contribution in [0.4, 0.5) is 0 Å². The number of ether oxygens (including phenoxy) is 1. The molecule has 1 atom stereocenters. The molecule has 0 N–H and O–H groups in total. The van der Waals surface area contributed by atoms with Gasteiger partial charge in [-0.05, 0) is 26.2 Å². The zero-order valence-corrected chi connectivity index (χ0v) is 24.7. The van der Waals surface area contributed by atoms with Gasteiger partial charge in [-0.3, -0.25) is 4.79 Å².